The van der Waals surface area contributed by atoms with Crippen LogP contribution in [-0.2, 0) is 0 Å². The zero-order valence-corrected chi connectivity index (χ0v) is 14.5. The van der Waals surface area contributed by atoms with Crippen LogP contribution in [0.4, 0.5) is 4.39 Å². The third-order valence-electron chi connectivity index (χ3n) is 4.21. The molecule has 7 nitrogen and oxygen atoms in total. The van der Waals surface area contributed by atoms with Gasteiger partial charge in [0.2, 0.25) is 5.88 Å². The first-order chi connectivity index (χ1) is 13.8. The molecule has 5 aromatic rings. The molecule has 0 N–H and O–H groups in total. The van der Waals surface area contributed by atoms with E-state index in [4.69, 9.17) is 4.74 Å². The molecule has 4 heterocycles. The number of hydrogen-bond donors (Lipinski definition) is 0. The minimum atomic E-state index is -0.461. The summed E-state index contributed by atoms with van der Waals surface area (Å²) in [6.45, 7) is 0. The van der Waals surface area contributed by atoms with Gasteiger partial charge in [-0.2, -0.15) is 5.10 Å². The van der Waals surface area contributed by atoms with Gasteiger partial charge < -0.3 is 4.74 Å². The maximum atomic E-state index is 14.0. The summed E-state index contributed by atoms with van der Waals surface area (Å²) in [5.74, 6) is 0.523. The number of halogens is 1. The third-order valence-corrected chi connectivity index (χ3v) is 4.21. The Kier molecular flexibility index (Phi) is 3.79. The van der Waals surface area contributed by atoms with Gasteiger partial charge in [-0.25, -0.2) is 23.9 Å². The number of hydrogen-bond acceptors (Lipinski definition) is 5. The average molecular weight is 372 g/mol. The van der Waals surface area contributed by atoms with E-state index in [2.05, 4.69) is 20.1 Å². The molecule has 0 unspecified atom stereocenters. The number of benzene rings is 1. The highest BCUT2D eigenvalue weighted by Crippen LogP contribution is 2.31. The molecule has 5 rings (SSSR count). The molecular weight excluding hydrogens is 359 g/mol. The highest BCUT2D eigenvalue weighted by atomic mass is 19.1. The van der Waals surface area contributed by atoms with Crippen LogP contribution in [0.5, 0.6) is 11.6 Å². The van der Waals surface area contributed by atoms with Crippen molar-refractivity contribution in [3.8, 4) is 28.7 Å². The van der Waals surface area contributed by atoms with Crippen molar-refractivity contribution in [2.24, 2.45) is 0 Å². The number of pyridine rings is 1. The summed E-state index contributed by atoms with van der Waals surface area (Å²) in [5.41, 5.74) is 2.05. The Bertz CT molecular complexity index is 1280. The van der Waals surface area contributed by atoms with Gasteiger partial charge in [-0.05, 0) is 30.3 Å². The van der Waals surface area contributed by atoms with E-state index in [0.717, 1.165) is 5.56 Å². The molecule has 28 heavy (non-hydrogen) atoms. The lowest BCUT2D eigenvalue weighted by Crippen LogP contribution is -2.01. The average Bonchev–Trinajstić information content (AvgIpc) is 3.37. The predicted octanol–water partition coefficient (Wildman–Crippen LogP) is 3.91. The molecule has 136 valence electrons. The second-order valence-corrected chi connectivity index (χ2v) is 5.93. The first kappa shape index (κ1) is 16.1. The van der Waals surface area contributed by atoms with Crippen molar-refractivity contribution in [2.45, 2.75) is 0 Å². The van der Waals surface area contributed by atoms with Gasteiger partial charge in [-0.1, -0.05) is 12.1 Å². The van der Waals surface area contributed by atoms with Crippen LogP contribution in [-0.4, -0.2) is 29.1 Å². The van der Waals surface area contributed by atoms with E-state index in [1.165, 1.54) is 6.07 Å². The lowest BCUT2D eigenvalue weighted by atomic mass is 10.3. The first-order valence-electron chi connectivity index (χ1n) is 8.51. The molecular formula is C20H13FN6O. The van der Waals surface area contributed by atoms with Crippen LogP contribution in [0.1, 0.15) is 0 Å². The Hall–Kier alpha value is -4.07. The predicted molar refractivity (Wildman–Crippen MR) is 99.8 cm³/mol. The lowest BCUT2D eigenvalue weighted by molar-refractivity contribution is 0.425. The molecule has 0 amide bonds. The van der Waals surface area contributed by atoms with Gasteiger partial charge in [0.1, 0.15) is 11.5 Å². The Balaban J connectivity index is 1.63. The van der Waals surface area contributed by atoms with Crippen molar-refractivity contribution in [1.82, 2.24) is 29.1 Å². The summed E-state index contributed by atoms with van der Waals surface area (Å²) in [7, 11) is 0. The van der Waals surface area contributed by atoms with Crippen LogP contribution < -0.4 is 4.74 Å². The fourth-order valence-electron chi connectivity index (χ4n) is 2.96. The van der Waals surface area contributed by atoms with Crippen LogP contribution in [0.25, 0.3) is 22.7 Å². The molecule has 8 heteroatoms. The smallest absolute Gasteiger partial charge is 0.243 e. The number of nitrogens with zero attached hydrogens (tertiary/aromatic N) is 6. The molecule has 1 aromatic carbocycles. The van der Waals surface area contributed by atoms with Crippen molar-refractivity contribution in [2.75, 3.05) is 0 Å². The zero-order valence-electron chi connectivity index (χ0n) is 14.5. The van der Waals surface area contributed by atoms with Crippen molar-refractivity contribution >= 4 is 5.65 Å². The van der Waals surface area contributed by atoms with Gasteiger partial charge in [-0.3, -0.25) is 4.57 Å². The van der Waals surface area contributed by atoms with Crippen LogP contribution in [0.2, 0.25) is 0 Å². The number of imidazole rings is 1. The molecule has 0 aliphatic rings. The normalized spacial score (nSPS) is 11.0. The van der Waals surface area contributed by atoms with E-state index in [-0.39, 0.29) is 11.6 Å². The summed E-state index contributed by atoms with van der Waals surface area (Å²) in [4.78, 5) is 13.1. The molecule has 0 aliphatic carbocycles. The molecule has 0 spiro atoms. The van der Waals surface area contributed by atoms with Gasteiger partial charge >= 0.3 is 0 Å². The van der Waals surface area contributed by atoms with Gasteiger partial charge in [0, 0.05) is 31.0 Å². The van der Waals surface area contributed by atoms with Gasteiger partial charge in [0.25, 0.3) is 0 Å². The van der Waals surface area contributed by atoms with Crippen molar-refractivity contribution < 1.29 is 9.13 Å². The molecule has 0 saturated carbocycles. The topological polar surface area (TPSA) is 70.1 Å². The molecule has 0 bridgehead atoms. The van der Waals surface area contributed by atoms with Crippen LogP contribution in [0, 0.1) is 5.82 Å². The number of aromatic nitrogens is 6. The zero-order chi connectivity index (χ0) is 18.9. The summed E-state index contributed by atoms with van der Waals surface area (Å²) in [6.07, 6.45) is 10.3. The van der Waals surface area contributed by atoms with Gasteiger partial charge in [0.15, 0.2) is 17.2 Å². The molecule has 4 aromatic heterocycles. The van der Waals surface area contributed by atoms with E-state index in [1.54, 1.807) is 65.8 Å². The number of fused-ring (bicyclic) bond motifs is 1. The maximum absolute atomic E-state index is 14.0. The minimum absolute atomic E-state index is 0.0989. The quantitative estimate of drug-likeness (QED) is 0.478. The maximum Gasteiger partial charge on any atom is 0.243 e. The van der Waals surface area contributed by atoms with Crippen molar-refractivity contribution in [3.63, 3.8) is 0 Å². The number of para-hydroxylation sites is 1. The van der Waals surface area contributed by atoms with Gasteiger partial charge in [-0.15, -0.1) is 0 Å². The van der Waals surface area contributed by atoms with Crippen LogP contribution in [0.3, 0.4) is 0 Å². The summed E-state index contributed by atoms with van der Waals surface area (Å²) in [6, 6.07) is 11.6. The number of rotatable bonds is 4. The fraction of sp³-hybridized carbons (Fsp3) is 0. The Morgan fingerprint density at radius 1 is 0.857 bits per heavy atom. The van der Waals surface area contributed by atoms with E-state index in [0.29, 0.717) is 17.2 Å². The van der Waals surface area contributed by atoms with Crippen LogP contribution >= 0.6 is 0 Å². The van der Waals surface area contributed by atoms with Crippen molar-refractivity contribution in [3.05, 3.63) is 85.5 Å². The standard InChI is InChI=1S/C20H13FN6O/c21-15-5-1-2-7-17(15)28-20-16(6-3-8-24-20)26-12-10-23-18(26)14-13-25-27-11-4-9-22-19(14)27/h1-13H. The van der Waals surface area contributed by atoms with Crippen molar-refractivity contribution in [1.29, 1.82) is 0 Å². The van der Waals surface area contributed by atoms with Crippen LogP contribution in [0.15, 0.2) is 79.6 Å². The minimum Gasteiger partial charge on any atom is -0.434 e. The second-order valence-electron chi connectivity index (χ2n) is 5.93. The monoisotopic (exact) mass is 372 g/mol. The lowest BCUT2D eigenvalue weighted by Gasteiger charge is -2.12. The highest BCUT2D eigenvalue weighted by molar-refractivity contribution is 5.73. The molecule has 0 atom stereocenters. The first-order valence-corrected chi connectivity index (χ1v) is 8.51. The Labute approximate surface area is 158 Å². The summed E-state index contributed by atoms with van der Waals surface area (Å²) in [5, 5.41) is 4.32. The van der Waals surface area contributed by atoms with Gasteiger partial charge in [0.05, 0.1) is 11.8 Å². The number of ether oxygens (including phenoxy) is 1. The summed E-state index contributed by atoms with van der Waals surface area (Å²) < 4.78 is 23.3. The second kappa shape index (κ2) is 6.58. The molecule has 0 fully saturated rings. The summed E-state index contributed by atoms with van der Waals surface area (Å²) >= 11 is 0. The van der Waals surface area contributed by atoms with E-state index in [1.807, 2.05) is 16.8 Å². The van der Waals surface area contributed by atoms with E-state index < -0.39 is 5.82 Å². The van der Waals surface area contributed by atoms with E-state index >= 15 is 0 Å². The SMILES string of the molecule is Fc1ccccc1Oc1ncccc1-n1ccnc1-c1cnn2cccnc12. The highest BCUT2D eigenvalue weighted by Gasteiger charge is 2.18. The molecule has 0 radical (unpaired) electrons. The third kappa shape index (κ3) is 2.67. The molecule has 0 saturated heterocycles. The van der Waals surface area contributed by atoms with E-state index in [9.17, 15) is 4.39 Å². The Morgan fingerprint density at radius 2 is 1.75 bits per heavy atom. The molecule has 0 aliphatic heterocycles. The fourth-order valence-corrected chi connectivity index (χ4v) is 2.96. The Morgan fingerprint density at radius 3 is 2.68 bits per heavy atom. The largest absolute Gasteiger partial charge is 0.434 e.